The first-order valence-electron chi connectivity index (χ1n) is 10.8. The van der Waals surface area contributed by atoms with Gasteiger partial charge in [-0.05, 0) is 49.8 Å². The van der Waals surface area contributed by atoms with Crippen LogP contribution >= 0.6 is 0 Å². The summed E-state index contributed by atoms with van der Waals surface area (Å²) in [7, 11) is 0. The highest BCUT2D eigenvalue weighted by Crippen LogP contribution is 2.39. The van der Waals surface area contributed by atoms with E-state index in [1.165, 1.54) is 0 Å². The topological polar surface area (TPSA) is 55.8 Å². The van der Waals surface area contributed by atoms with E-state index < -0.39 is 35.7 Å². The molecular weight excluding hydrogens is 442 g/mol. The van der Waals surface area contributed by atoms with Gasteiger partial charge in [-0.3, -0.25) is 4.79 Å². The predicted molar refractivity (Wildman–Crippen MR) is 110 cm³/mol. The lowest BCUT2D eigenvalue weighted by atomic mass is 9.76. The molecule has 0 spiro atoms. The summed E-state index contributed by atoms with van der Waals surface area (Å²) in [6, 6.07) is 11.4. The Morgan fingerprint density at radius 1 is 1.00 bits per heavy atom. The van der Waals surface area contributed by atoms with E-state index in [0.29, 0.717) is 31.7 Å². The van der Waals surface area contributed by atoms with Crippen LogP contribution in [-0.2, 0) is 11.3 Å². The van der Waals surface area contributed by atoms with Crippen molar-refractivity contribution >= 4 is 11.9 Å². The van der Waals surface area contributed by atoms with Gasteiger partial charge >= 0.3 is 12.5 Å². The molecule has 2 fully saturated rings. The summed E-state index contributed by atoms with van der Waals surface area (Å²) < 4.78 is 60.7. The number of nitrogens with zero attached hydrogens (tertiary/aromatic N) is 1. The SMILES string of the molecule is O=C(c1ccc(OC(F)(F)F)cc1F)C1CC2CCCC(C1)N2C(=O)OCc1ccccc1. The summed E-state index contributed by atoms with van der Waals surface area (Å²) in [5.41, 5.74) is 0.599. The van der Waals surface area contributed by atoms with Crippen LogP contribution in [0, 0.1) is 11.7 Å². The summed E-state index contributed by atoms with van der Waals surface area (Å²) in [6.45, 7) is 0.148. The maximum Gasteiger partial charge on any atom is 0.573 e. The zero-order valence-corrected chi connectivity index (χ0v) is 17.7. The fraction of sp³-hybridized carbons (Fsp3) is 0.417. The Balaban J connectivity index is 1.43. The number of benzene rings is 2. The highest BCUT2D eigenvalue weighted by Gasteiger charge is 2.44. The summed E-state index contributed by atoms with van der Waals surface area (Å²) in [6.07, 6.45) is -2.33. The molecule has 0 saturated carbocycles. The van der Waals surface area contributed by atoms with E-state index in [2.05, 4.69) is 4.74 Å². The molecule has 0 aliphatic carbocycles. The summed E-state index contributed by atoms with van der Waals surface area (Å²) in [5.74, 6) is -2.77. The van der Waals surface area contributed by atoms with Crippen LogP contribution in [0.3, 0.4) is 0 Å². The molecule has 33 heavy (non-hydrogen) atoms. The Morgan fingerprint density at radius 2 is 1.67 bits per heavy atom. The van der Waals surface area contributed by atoms with Gasteiger partial charge in [-0.2, -0.15) is 0 Å². The fourth-order valence-corrected chi connectivity index (χ4v) is 4.80. The van der Waals surface area contributed by atoms with Crippen LogP contribution in [0.5, 0.6) is 5.75 Å². The van der Waals surface area contributed by atoms with Gasteiger partial charge in [0, 0.05) is 24.1 Å². The average molecular weight is 465 g/mol. The monoisotopic (exact) mass is 465 g/mol. The van der Waals surface area contributed by atoms with Crippen molar-refractivity contribution in [1.82, 2.24) is 4.90 Å². The highest BCUT2D eigenvalue weighted by atomic mass is 19.4. The Bertz CT molecular complexity index is 997. The average Bonchev–Trinajstić information content (AvgIpc) is 2.76. The number of fused-ring (bicyclic) bond motifs is 2. The van der Waals surface area contributed by atoms with E-state index >= 15 is 0 Å². The number of carbonyl (C=O) groups is 2. The molecule has 2 aliphatic heterocycles. The lowest BCUT2D eigenvalue weighted by Gasteiger charge is -2.47. The molecule has 9 heteroatoms. The van der Waals surface area contributed by atoms with Crippen LogP contribution in [-0.4, -0.2) is 35.2 Å². The first-order chi connectivity index (χ1) is 15.7. The Morgan fingerprint density at radius 3 is 2.27 bits per heavy atom. The summed E-state index contributed by atoms with van der Waals surface area (Å²) >= 11 is 0. The van der Waals surface area contributed by atoms with E-state index in [0.717, 1.165) is 24.1 Å². The van der Waals surface area contributed by atoms with E-state index in [1.54, 1.807) is 4.90 Å². The number of amides is 1. The van der Waals surface area contributed by atoms with Gasteiger partial charge in [0.15, 0.2) is 5.78 Å². The van der Waals surface area contributed by atoms with E-state index in [1.807, 2.05) is 30.3 Å². The third-order valence-electron chi connectivity index (χ3n) is 6.20. The zero-order valence-electron chi connectivity index (χ0n) is 17.7. The quantitative estimate of drug-likeness (QED) is 0.409. The second-order valence-electron chi connectivity index (χ2n) is 8.41. The first-order valence-corrected chi connectivity index (χ1v) is 10.8. The molecule has 2 saturated heterocycles. The number of alkyl halides is 3. The lowest BCUT2D eigenvalue weighted by Crippen LogP contribution is -2.55. The Kier molecular flexibility index (Phi) is 6.58. The Labute approximate surface area is 188 Å². The van der Waals surface area contributed by atoms with Crippen LogP contribution in [0.15, 0.2) is 48.5 Å². The van der Waals surface area contributed by atoms with Crippen molar-refractivity contribution in [3.05, 3.63) is 65.5 Å². The van der Waals surface area contributed by atoms with Crippen molar-refractivity contribution in [3.63, 3.8) is 0 Å². The number of Topliss-reactive ketones (excluding diaryl/α,β-unsaturated/α-hetero) is 1. The number of piperidine rings is 2. The normalized spacial score (nSPS) is 22.5. The minimum absolute atomic E-state index is 0.148. The molecule has 0 aromatic heterocycles. The molecule has 4 rings (SSSR count). The first kappa shape index (κ1) is 23.1. The molecule has 0 radical (unpaired) electrons. The van der Waals surface area contributed by atoms with Gasteiger partial charge in [0.05, 0.1) is 5.56 Å². The number of halogens is 4. The van der Waals surface area contributed by atoms with Gasteiger partial charge in [0.2, 0.25) is 0 Å². The van der Waals surface area contributed by atoms with Gasteiger partial charge in [-0.15, -0.1) is 13.2 Å². The Hall–Kier alpha value is -3.10. The number of ether oxygens (including phenoxy) is 2. The zero-order chi connectivity index (χ0) is 23.6. The molecule has 2 bridgehead atoms. The van der Waals surface area contributed by atoms with Gasteiger partial charge < -0.3 is 14.4 Å². The van der Waals surface area contributed by atoms with E-state index in [4.69, 9.17) is 4.74 Å². The number of carbonyl (C=O) groups excluding carboxylic acids is 2. The second kappa shape index (κ2) is 9.41. The van der Waals surface area contributed by atoms with Crippen LogP contribution < -0.4 is 4.74 Å². The molecule has 2 aliphatic rings. The molecule has 176 valence electrons. The number of rotatable bonds is 5. The van der Waals surface area contributed by atoms with Gasteiger partial charge in [-0.25, -0.2) is 9.18 Å². The van der Waals surface area contributed by atoms with Gasteiger partial charge in [0.25, 0.3) is 0 Å². The van der Waals surface area contributed by atoms with Crippen LogP contribution in [0.4, 0.5) is 22.4 Å². The third kappa shape index (κ3) is 5.46. The summed E-state index contributed by atoms with van der Waals surface area (Å²) in [4.78, 5) is 27.5. The smallest absolute Gasteiger partial charge is 0.445 e. The number of hydrogen-bond acceptors (Lipinski definition) is 4. The standard InChI is InChI=1S/C24H23F4NO4/c25-21-13-19(33-24(26,27)28)9-10-20(21)22(30)16-11-17-7-4-8-18(12-16)29(17)23(31)32-14-15-5-2-1-3-6-15/h1-3,5-6,9-10,13,16-18H,4,7-8,11-12,14H2. The van der Waals surface area contributed by atoms with Crippen molar-refractivity contribution in [3.8, 4) is 5.75 Å². The van der Waals surface area contributed by atoms with E-state index in [9.17, 15) is 27.2 Å². The van der Waals surface area contributed by atoms with Crippen molar-refractivity contribution in [1.29, 1.82) is 0 Å². The van der Waals surface area contributed by atoms with Gasteiger partial charge in [-0.1, -0.05) is 30.3 Å². The minimum atomic E-state index is -4.95. The van der Waals surface area contributed by atoms with E-state index in [-0.39, 0.29) is 24.3 Å². The largest absolute Gasteiger partial charge is 0.573 e. The van der Waals surface area contributed by atoms with Crippen LogP contribution in [0.1, 0.15) is 48.0 Å². The molecule has 5 nitrogen and oxygen atoms in total. The number of hydrogen-bond donors (Lipinski definition) is 0. The molecule has 1 amide bonds. The van der Waals surface area contributed by atoms with Crippen molar-refractivity contribution in [2.24, 2.45) is 5.92 Å². The summed E-state index contributed by atoms with van der Waals surface area (Å²) in [5, 5.41) is 0. The maximum absolute atomic E-state index is 14.4. The van der Waals surface area contributed by atoms with Crippen molar-refractivity contribution in [2.45, 2.75) is 57.2 Å². The third-order valence-corrected chi connectivity index (χ3v) is 6.20. The fourth-order valence-electron chi connectivity index (χ4n) is 4.80. The van der Waals surface area contributed by atoms with Crippen LogP contribution in [0.25, 0.3) is 0 Å². The molecule has 0 N–H and O–H groups in total. The second-order valence-corrected chi connectivity index (χ2v) is 8.41. The van der Waals surface area contributed by atoms with Crippen molar-refractivity contribution in [2.75, 3.05) is 0 Å². The number of ketones is 1. The molecule has 2 heterocycles. The highest BCUT2D eigenvalue weighted by molar-refractivity contribution is 5.98. The van der Waals surface area contributed by atoms with Gasteiger partial charge in [0.1, 0.15) is 18.2 Å². The molecular formula is C24H23F4NO4. The minimum Gasteiger partial charge on any atom is -0.445 e. The molecule has 2 aromatic rings. The maximum atomic E-state index is 14.4. The van der Waals surface area contributed by atoms with Crippen molar-refractivity contribution < 1.29 is 36.6 Å². The lowest BCUT2D eigenvalue weighted by molar-refractivity contribution is -0.274. The van der Waals surface area contributed by atoms with Crippen LogP contribution in [0.2, 0.25) is 0 Å². The predicted octanol–water partition coefficient (Wildman–Crippen LogP) is 5.88. The molecule has 2 unspecified atom stereocenters. The molecule has 2 atom stereocenters. The molecule has 2 aromatic carbocycles.